The lowest BCUT2D eigenvalue weighted by molar-refractivity contribution is -0.671. The zero-order chi connectivity index (χ0) is 21.0. The molecule has 0 aliphatic heterocycles. The Morgan fingerprint density at radius 1 is 1.20 bits per heavy atom. The first-order valence-electron chi connectivity index (χ1n) is 8.58. The third-order valence-electron chi connectivity index (χ3n) is 4.04. The van der Waals surface area contributed by atoms with Crippen molar-refractivity contribution in [3.05, 3.63) is 61.2 Å². The summed E-state index contributed by atoms with van der Waals surface area (Å²) in [4.78, 5) is 12.3. The van der Waals surface area contributed by atoms with Crippen molar-refractivity contribution in [2.24, 2.45) is 7.05 Å². The van der Waals surface area contributed by atoms with Gasteiger partial charge >= 0.3 is 0 Å². The van der Waals surface area contributed by atoms with Crippen molar-refractivity contribution in [1.82, 2.24) is 4.57 Å². The van der Waals surface area contributed by atoms with E-state index in [1.807, 2.05) is 7.05 Å². The number of sulfonamides is 1. The number of nitrogens with one attached hydrogen (secondary N) is 2. The number of benzene rings is 2. The number of methoxy groups -OCH3 is 1. The highest BCUT2D eigenvalue weighted by atomic mass is 35.5. The molecule has 0 aliphatic carbocycles. The van der Waals surface area contributed by atoms with Gasteiger partial charge in [-0.15, -0.1) is 0 Å². The number of aryl methyl sites for hydroxylation is 1. The van der Waals surface area contributed by atoms with E-state index >= 15 is 0 Å². The largest absolute Gasteiger partial charge is 1.00 e. The SMILES string of the molecule is COc1cc(NS(=O)(=O)c2ccccc2)c(O)cc1NC(=O)Cn1cc[n+](C)c1.[Cl-]. The van der Waals surface area contributed by atoms with Gasteiger partial charge in [0.25, 0.3) is 15.9 Å². The minimum atomic E-state index is -3.89. The molecule has 3 rings (SSSR count). The van der Waals surface area contributed by atoms with E-state index in [4.69, 9.17) is 4.74 Å². The van der Waals surface area contributed by atoms with Crippen LogP contribution in [0, 0.1) is 0 Å². The standard InChI is InChI=1S/C19H20N4O5S.ClH/c1-22-8-9-23(13-22)12-19(25)20-16-10-17(24)15(11-18(16)28-2)21-29(26,27)14-6-4-3-5-7-14;/h3-11,13,21H,12H2,1-2H3,(H-,20,24,25);1H. The van der Waals surface area contributed by atoms with Gasteiger partial charge in [-0.2, -0.15) is 0 Å². The number of aromatic hydroxyl groups is 1. The molecule has 0 saturated heterocycles. The minimum absolute atomic E-state index is 0. The van der Waals surface area contributed by atoms with Crippen LogP contribution in [0.2, 0.25) is 0 Å². The number of carbonyl (C=O) groups is 1. The molecule has 1 amide bonds. The minimum Gasteiger partial charge on any atom is -1.00 e. The van der Waals surface area contributed by atoms with Gasteiger partial charge < -0.3 is 27.6 Å². The third kappa shape index (κ3) is 5.43. The van der Waals surface area contributed by atoms with Crippen molar-refractivity contribution in [1.29, 1.82) is 0 Å². The van der Waals surface area contributed by atoms with Crippen molar-refractivity contribution in [2.45, 2.75) is 11.4 Å². The topological polar surface area (TPSA) is 114 Å². The summed E-state index contributed by atoms with van der Waals surface area (Å²) in [6, 6.07) is 10.3. The molecule has 2 aromatic carbocycles. The number of hydrogen-bond donors (Lipinski definition) is 3. The van der Waals surface area contributed by atoms with Gasteiger partial charge in [0.15, 0.2) is 6.54 Å². The fourth-order valence-electron chi connectivity index (χ4n) is 2.67. The Bertz CT molecular complexity index is 1130. The predicted molar refractivity (Wildman–Crippen MR) is 106 cm³/mol. The lowest BCUT2D eigenvalue weighted by Gasteiger charge is -2.15. The number of rotatable bonds is 7. The van der Waals surface area contributed by atoms with Gasteiger partial charge in [0.1, 0.15) is 23.9 Å². The summed E-state index contributed by atoms with van der Waals surface area (Å²) < 4.78 is 36.0. The monoisotopic (exact) mass is 452 g/mol. The average Bonchev–Trinajstić information content (AvgIpc) is 3.09. The van der Waals surface area contributed by atoms with Gasteiger partial charge in [0.2, 0.25) is 6.33 Å². The quantitative estimate of drug-likeness (QED) is 0.297. The Morgan fingerprint density at radius 2 is 1.90 bits per heavy atom. The normalized spacial score (nSPS) is 10.7. The molecule has 0 atom stereocenters. The summed E-state index contributed by atoms with van der Waals surface area (Å²) in [6.07, 6.45) is 5.29. The number of halogens is 1. The van der Waals surface area contributed by atoms with Crippen LogP contribution >= 0.6 is 0 Å². The first-order valence-corrected chi connectivity index (χ1v) is 10.1. The first-order chi connectivity index (χ1) is 13.8. The second kappa shape index (κ2) is 9.51. The second-order valence-electron chi connectivity index (χ2n) is 6.29. The zero-order valence-electron chi connectivity index (χ0n) is 16.2. The van der Waals surface area contributed by atoms with Crippen LogP contribution in [-0.2, 0) is 28.4 Å². The van der Waals surface area contributed by atoms with Gasteiger partial charge in [0.05, 0.1) is 30.4 Å². The second-order valence-corrected chi connectivity index (χ2v) is 7.97. The Balaban J connectivity index is 0.00000320. The van der Waals surface area contributed by atoms with Gasteiger partial charge in [-0.05, 0) is 12.1 Å². The summed E-state index contributed by atoms with van der Waals surface area (Å²) in [7, 11) is -0.677. The van der Waals surface area contributed by atoms with E-state index in [-0.39, 0.29) is 52.6 Å². The molecule has 30 heavy (non-hydrogen) atoms. The fraction of sp³-hybridized carbons (Fsp3) is 0.158. The third-order valence-corrected chi connectivity index (χ3v) is 5.42. The van der Waals surface area contributed by atoms with Crippen LogP contribution in [0.3, 0.4) is 0 Å². The maximum absolute atomic E-state index is 12.5. The van der Waals surface area contributed by atoms with E-state index in [0.29, 0.717) is 0 Å². The molecule has 11 heteroatoms. The van der Waals surface area contributed by atoms with Crippen LogP contribution in [0.25, 0.3) is 0 Å². The highest BCUT2D eigenvalue weighted by Crippen LogP contribution is 2.36. The lowest BCUT2D eigenvalue weighted by Crippen LogP contribution is -3.00. The van der Waals surface area contributed by atoms with Gasteiger partial charge in [-0.3, -0.25) is 9.52 Å². The van der Waals surface area contributed by atoms with E-state index in [9.17, 15) is 18.3 Å². The molecule has 0 unspecified atom stereocenters. The van der Waals surface area contributed by atoms with Crippen molar-refractivity contribution in [3.63, 3.8) is 0 Å². The number of carbonyl (C=O) groups excluding carboxylic acids is 1. The molecule has 160 valence electrons. The first kappa shape index (κ1) is 23.0. The van der Waals surface area contributed by atoms with Crippen molar-refractivity contribution >= 4 is 27.3 Å². The Morgan fingerprint density at radius 3 is 2.50 bits per heavy atom. The number of ether oxygens (including phenoxy) is 1. The van der Waals surface area contributed by atoms with Gasteiger partial charge in [-0.1, -0.05) is 18.2 Å². The number of hydrogen-bond acceptors (Lipinski definition) is 5. The maximum atomic E-state index is 12.5. The van der Waals surface area contributed by atoms with E-state index in [0.717, 1.165) is 0 Å². The van der Waals surface area contributed by atoms with Gasteiger partial charge in [-0.25, -0.2) is 17.6 Å². The Kier molecular flexibility index (Phi) is 7.30. The molecule has 9 nitrogen and oxygen atoms in total. The molecule has 1 aromatic heterocycles. The highest BCUT2D eigenvalue weighted by molar-refractivity contribution is 7.92. The molecular formula is C19H21ClN4O5S. The van der Waals surface area contributed by atoms with Crippen LogP contribution in [0.4, 0.5) is 11.4 Å². The summed E-state index contributed by atoms with van der Waals surface area (Å²) in [5, 5.41) is 12.9. The predicted octanol–water partition coefficient (Wildman–Crippen LogP) is -1.53. The van der Waals surface area contributed by atoms with Crippen LogP contribution in [0.1, 0.15) is 0 Å². The molecule has 0 aliphatic rings. The number of phenolic OH excluding ortho intramolecular Hbond substituents is 1. The summed E-state index contributed by atoms with van der Waals surface area (Å²) in [5.41, 5.74) is 0.148. The number of nitrogens with zero attached hydrogens (tertiary/aromatic N) is 2. The van der Waals surface area contributed by atoms with Crippen molar-refractivity contribution in [2.75, 3.05) is 17.1 Å². The fourth-order valence-corrected chi connectivity index (χ4v) is 3.76. The Labute approximate surface area is 180 Å². The molecule has 0 radical (unpaired) electrons. The van der Waals surface area contributed by atoms with Crippen LogP contribution < -0.4 is 31.7 Å². The molecular weight excluding hydrogens is 432 g/mol. The Hall–Kier alpha value is -3.24. The number of phenols is 1. The molecule has 1 heterocycles. The number of anilines is 2. The van der Waals surface area contributed by atoms with Crippen LogP contribution in [-0.4, -0.2) is 31.1 Å². The smallest absolute Gasteiger partial charge is 0.266 e. The number of aromatic nitrogens is 2. The summed E-state index contributed by atoms with van der Waals surface area (Å²) >= 11 is 0. The molecule has 0 spiro atoms. The van der Waals surface area contributed by atoms with E-state index in [2.05, 4.69) is 10.0 Å². The van der Waals surface area contributed by atoms with E-state index < -0.39 is 10.0 Å². The van der Waals surface area contributed by atoms with Crippen LogP contribution in [0.15, 0.2) is 66.1 Å². The van der Waals surface area contributed by atoms with Crippen molar-refractivity contribution < 1.29 is 40.0 Å². The number of imidazole rings is 1. The van der Waals surface area contributed by atoms with E-state index in [1.54, 1.807) is 46.1 Å². The molecule has 0 saturated carbocycles. The highest BCUT2D eigenvalue weighted by Gasteiger charge is 2.19. The molecule has 3 aromatic rings. The molecule has 0 fully saturated rings. The summed E-state index contributed by atoms with van der Waals surface area (Å²) in [6.45, 7) is 0.0626. The maximum Gasteiger partial charge on any atom is 0.266 e. The summed E-state index contributed by atoms with van der Waals surface area (Å²) in [5.74, 6) is -0.496. The van der Waals surface area contributed by atoms with Gasteiger partial charge in [0, 0.05) is 12.1 Å². The lowest BCUT2D eigenvalue weighted by atomic mass is 10.2. The van der Waals surface area contributed by atoms with Crippen molar-refractivity contribution in [3.8, 4) is 11.5 Å². The average molecular weight is 453 g/mol. The number of amides is 1. The van der Waals surface area contributed by atoms with Crippen LogP contribution in [0.5, 0.6) is 11.5 Å². The zero-order valence-corrected chi connectivity index (χ0v) is 17.8. The molecule has 0 bridgehead atoms. The molecule has 3 N–H and O–H groups in total. The van der Waals surface area contributed by atoms with E-state index in [1.165, 1.54) is 31.4 Å².